The molecule has 150 valence electrons. The summed E-state index contributed by atoms with van der Waals surface area (Å²) >= 11 is 0. The molecular weight excluding hydrogens is 324 g/mol. The summed E-state index contributed by atoms with van der Waals surface area (Å²) in [6.45, 7) is 10.4. The van der Waals surface area contributed by atoms with Crippen LogP contribution >= 0.6 is 0 Å². The molecule has 0 saturated heterocycles. The summed E-state index contributed by atoms with van der Waals surface area (Å²) in [6.07, 6.45) is 9.71. The fourth-order valence-electron chi connectivity index (χ4n) is 3.12. The molecule has 3 heteroatoms. The summed E-state index contributed by atoms with van der Waals surface area (Å²) < 4.78 is 17.9. The van der Waals surface area contributed by atoms with Crippen molar-refractivity contribution in [2.75, 3.05) is 20.3 Å². The molecule has 0 saturated carbocycles. The van der Waals surface area contributed by atoms with E-state index in [4.69, 9.17) is 14.2 Å². The second-order valence-corrected chi connectivity index (χ2v) is 7.24. The lowest BCUT2D eigenvalue weighted by atomic mass is 10.0. The van der Waals surface area contributed by atoms with Gasteiger partial charge in [0, 0.05) is 0 Å². The average Bonchev–Trinajstić information content (AvgIpc) is 2.68. The number of benzene rings is 1. The minimum atomic E-state index is 0.584. The monoisotopic (exact) mass is 364 g/mol. The van der Waals surface area contributed by atoms with E-state index in [1.807, 2.05) is 18.2 Å². The molecule has 0 aliphatic carbocycles. The summed E-state index contributed by atoms with van der Waals surface area (Å²) in [5, 5.41) is 0. The van der Waals surface area contributed by atoms with Crippen molar-refractivity contribution in [1.82, 2.24) is 0 Å². The van der Waals surface area contributed by atoms with Crippen LogP contribution in [0.15, 0.2) is 18.2 Å². The van der Waals surface area contributed by atoms with Gasteiger partial charge < -0.3 is 14.2 Å². The van der Waals surface area contributed by atoms with Crippen LogP contribution in [0.5, 0.6) is 17.2 Å². The minimum Gasteiger partial charge on any atom is -0.493 e. The highest BCUT2D eigenvalue weighted by molar-refractivity contribution is 5.51. The molecule has 0 N–H and O–H groups in total. The fourth-order valence-corrected chi connectivity index (χ4v) is 3.12. The summed E-state index contributed by atoms with van der Waals surface area (Å²) in [5.41, 5.74) is 0. The maximum atomic E-state index is 6.21. The molecule has 1 rings (SSSR count). The van der Waals surface area contributed by atoms with Crippen molar-refractivity contribution in [2.45, 2.75) is 79.1 Å². The number of para-hydroxylation sites is 1. The Kier molecular flexibility index (Phi) is 12.0. The van der Waals surface area contributed by atoms with Gasteiger partial charge in [0.1, 0.15) is 0 Å². The highest BCUT2D eigenvalue weighted by atomic mass is 16.5. The molecule has 1 aromatic carbocycles. The van der Waals surface area contributed by atoms with Crippen molar-refractivity contribution in [3.05, 3.63) is 18.2 Å². The summed E-state index contributed by atoms with van der Waals surface area (Å²) in [4.78, 5) is 0. The van der Waals surface area contributed by atoms with Crippen LogP contribution in [-0.4, -0.2) is 20.3 Å². The van der Waals surface area contributed by atoms with Gasteiger partial charge in [-0.3, -0.25) is 0 Å². The van der Waals surface area contributed by atoms with Gasteiger partial charge in [0.2, 0.25) is 5.75 Å². The smallest absolute Gasteiger partial charge is 0.203 e. The Morgan fingerprint density at radius 2 is 1.31 bits per heavy atom. The van der Waals surface area contributed by atoms with Crippen LogP contribution < -0.4 is 14.2 Å². The van der Waals surface area contributed by atoms with Crippen LogP contribution in [-0.2, 0) is 0 Å². The number of hydrogen-bond donors (Lipinski definition) is 0. The number of hydrogen-bond acceptors (Lipinski definition) is 3. The third-order valence-corrected chi connectivity index (χ3v) is 5.19. The van der Waals surface area contributed by atoms with Crippen molar-refractivity contribution >= 4 is 0 Å². The first-order valence-electron chi connectivity index (χ1n) is 10.6. The molecule has 0 heterocycles. The van der Waals surface area contributed by atoms with Gasteiger partial charge >= 0.3 is 0 Å². The van der Waals surface area contributed by atoms with Crippen LogP contribution in [0.2, 0.25) is 0 Å². The molecular formula is C23H40O3. The van der Waals surface area contributed by atoms with E-state index in [1.54, 1.807) is 7.11 Å². The maximum absolute atomic E-state index is 6.21. The first-order valence-corrected chi connectivity index (χ1v) is 10.6. The molecule has 0 spiro atoms. The Morgan fingerprint density at radius 1 is 0.769 bits per heavy atom. The van der Waals surface area contributed by atoms with Crippen LogP contribution in [0.1, 0.15) is 79.1 Å². The van der Waals surface area contributed by atoms with E-state index in [-0.39, 0.29) is 0 Å². The second kappa shape index (κ2) is 13.8. The lowest BCUT2D eigenvalue weighted by Crippen LogP contribution is -2.14. The van der Waals surface area contributed by atoms with E-state index in [0.717, 1.165) is 43.3 Å². The van der Waals surface area contributed by atoms with Gasteiger partial charge in [-0.25, -0.2) is 0 Å². The van der Waals surface area contributed by atoms with E-state index in [1.165, 1.54) is 38.5 Å². The lowest BCUT2D eigenvalue weighted by Gasteiger charge is -2.21. The largest absolute Gasteiger partial charge is 0.493 e. The molecule has 0 aliphatic rings. The van der Waals surface area contributed by atoms with Gasteiger partial charge in [-0.15, -0.1) is 0 Å². The van der Waals surface area contributed by atoms with Gasteiger partial charge in [-0.1, -0.05) is 72.3 Å². The quantitative estimate of drug-likeness (QED) is 0.339. The number of ether oxygens (including phenoxy) is 3. The first-order chi connectivity index (χ1) is 12.7. The molecule has 2 unspecified atom stereocenters. The molecule has 3 nitrogen and oxygen atoms in total. The molecule has 0 fully saturated rings. The molecule has 0 amide bonds. The Labute approximate surface area is 161 Å². The van der Waals surface area contributed by atoms with Crippen molar-refractivity contribution < 1.29 is 14.2 Å². The predicted octanol–water partition coefficient (Wildman–Crippen LogP) is 6.89. The van der Waals surface area contributed by atoms with E-state index in [0.29, 0.717) is 11.8 Å². The van der Waals surface area contributed by atoms with Crippen LogP contribution in [0.3, 0.4) is 0 Å². The van der Waals surface area contributed by atoms with Crippen LogP contribution in [0.4, 0.5) is 0 Å². The summed E-state index contributed by atoms with van der Waals surface area (Å²) in [5.74, 6) is 3.51. The van der Waals surface area contributed by atoms with Crippen molar-refractivity contribution in [3.63, 3.8) is 0 Å². The Balaban J connectivity index is 2.76. The molecule has 0 bridgehead atoms. The van der Waals surface area contributed by atoms with Gasteiger partial charge in [-0.2, -0.15) is 0 Å². The SMILES string of the molecule is CCCCC(CC)COc1cccc(OC)c1OCC(CC)CCCC. The minimum absolute atomic E-state index is 0.584. The van der Waals surface area contributed by atoms with Gasteiger partial charge in [0.05, 0.1) is 20.3 Å². The Hall–Kier alpha value is -1.38. The van der Waals surface area contributed by atoms with E-state index < -0.39 is 0 Å². The van der Waals surface area contributed by atoms with Gasteiger partial charge in [-0.05, 0) is 36.8 Å². The zero-order chi connectivity index (χ0) is 19.2. The van der Waals surface area contributed by atoms with Crippen LogP contribution in [0.25, 0.3) is 0 Å². The second-order valence-electron chi connectivity index (χ2n) is 7.24. The Bertz CT molecular complexity index is 473. The molecule has 0 aromatic heterocycles. The lowest BCUT2D eigenvalue weighted by molar-refractivity contribution is 0.193. The molecule has 2 atom stereocenters. The van der Waals surface area contributed by atoms with E-state index in [9.17, 15) is 0 Å². The number of unbranched alkanes of at least 4 members (excludes halogenated alkanes) is 2. The molecule has 0 aliphatic heterocycles. The molecule has 26 heavy (non-hydrogen) atoms. The average molecular weight is 365 g/mol. The topological polar surface area (TPSA) is 27.7 Å². The normalized spacial score (nSPS) is 13.3. The van der Waals surface area contributed by atoms with Crippen molar-refractivity contribution in [2.24, 2.45) is 11.8 Å². The third kappa shape index (κ3) is 7.88. The van der Waals surface area contributed by atoms with E-state index in [2.05, 4.69) is 27.7 Å². The third-order valence-electron chi connectivity index (χ3n) is 5.19. The molecule has 0 radical (unpaired) electrons. The number of methoxy groups -OCH3 is 1. The highest BCUT2D eigenvalue weighted by Gasteiger charge is 2.16. The highest BCUT2D eigenvalue weighted by Crippen LogP contribution is 2.38. The van der Waals surface area contributed by atoms with Crippen LogP contribution in [0, 0.1) is 11.8 Å². The van der Waals surface area contributed by atoms with Gasteiger partial charge in [0.25, 0.3) is 0 Å². The van der Waals surface area contributed by atoms with Crippen molar-refractivity contribution in [3.8, 4) is 17.2 Å². The standard InChI is InChI=1S/C23H40O3/c1-6-10-13-19(8-3)17-25-22-16-12-15-21(24-5)23(22)26-18-20(9-4)14-11-7-2/h12,15-16,19-20H,6-11,13-14,17-18H2,1-5H3. The van der Waals surface area contributed by atoms with E-state index >= 15 is 0 Å². The fraction of sp³-hybridized carbons (Fsp3) is 0.739. The molecule has 1 aromatic rings. The zero-order valence-electron chi connectivity index (χ0n) is 17.7. The van der Waals surface area contributed by atoms with Gasteiger partial charge in [0.15, 0.2) is 11.5 Å². The number of rotatable bonds is 15. The maximum Gasteiger partial charge on any atom is 0.203 e. The summed E-state index contributed by atoms with van der Waals surface area (Å²) in [6, 6.07) is 5.92. The zero-order valence-corrected chi connectivity index (χ0v) is 17.7. The predicted molar refractivity (Wildman–Crippen MR) is 111 cm³/mol. The van der Waals surface area contributed by atoms with Crippen molar-refractivity contribution in [1.29, 1.82) is 0 Å². The summed E-state index contributed by atoms with van der Waals surface area (Å²) in [7, 11) is 1.69. The Morgan fingerprint density at radius 3 is 1.81 bits per heavy atom. The first kappa shape index (κ1) is 22.7.